The van der Waals surface area contributed by atoms with Crippen molar-refractivity contribution in [3.05, 3.63) is 69.7 Å². The van der Waals surface area contributed by atoms with Crippen LogP contribution >= 0.6 is 11.6 Å². The summed E-state index contributed by atoms with van der Waals surface area (Å²) >= 11 is 6.46. The van der Waals surface area contributed by atoms with E-state index in [1.807, 2.05) is 6.07 Å². The van der Waals surface area contributed by atoms with Crippen LogP contribution in [0.2, 0.25) is 5.02 Å². The van der Waals surface area contributed by atoms with E-state index in [2.05, 4.69) is 36.4 Å². The molecule has 2 aromatic carbocycles. The van der Waals surface area contributed by atoms with Crippen LogP contribution in [0.5, 0.6) is 0 Å². The molecule has 1 heterocycles. The van der Waals surface area contributed by atoms with E-state index in [1.54, 1.807) is 0 Å². The Morgan fingerprint density at radius 3 is 2.52 bits per heavy atom. The van der Waals surface area contributed by atoms with Crippen LogP contribution in [-0.4, -0.2) is 23.9 Å². The fraction of sp³-hybridized carbons (Fsp3) is 0.478. The summed E-state index contributed by atoms with van der Waals surface area (Å²) in [4.78, 5) is 0. The van der Waals surface area contributed by atoms with Gasteiger partial charge in [0.25, 0.3) is 0 Å². The summed E-state index contributed by atoms with van der Waals surface area (Å²) < 4.78 is 11.8. The molecule has 4 rings (SSSR count). The molecule has 2 atom stereocenters. The molecule has 4 heteroatoms. The van der Waals surface area contributed by atoms with E-state index in [-0.39, 0.29) is 18.8 Å². The standard InChI is InChI=1S/C23H27ClO3/c24-22-11-8-18(23-3-1-2-21(14-25)27-23)13-19(22)12-16-4-6-17(7-5-16)15-26-20-9-10-20/h4-8,11,13,20-21,23,25H,1-3,9-10,12,14-15H2. The molecule has 2 aromatic rings. The predicted molar refractivity (Wildman–Crippen MR) is 107 cm³/mol. The first-order chi connectivity index (χ1) is 13.2. The molecule has 0 radical (unpaired) electrons. The van der Waals surface area contributed by atoms with Gasteiger partial charge in [-0.15, -0.1) is 0 Å². The molecule has 1 N–H and O–H groups in total. The molecular weight excluding hydrogens is 360 g/mol. The number of hydrogen-bond donors (Lipinski definition) is 1. The van der Waals surface area contributed by atoms with Gasteiger partial charge in [-0.1, -0.05) is 48.0 Å². The lowest BCUT2D eigenvalue weighted by Crippen LogP contribution is -2.25. The third-order valence-electron chi connectivity index (χ3n) is 5.42. The van der Waals surface area contributed by atoms with Gasteiger partial charge in [-0.2, -0.15) is 0 Å². The molecule has 0 spiro atoms. The van der Waals surface area contributed by atoms with E-state index in [9.17, 15) is 5.11 Å². The van der Waals surface area contributed by atoms with Crippen LogP contribution in [0, 0.1) is 0 Å². The maximum Gasteiger partial charge on any atom is 0.0830 e. The van der Waals surface area contributed by atoms with E-state index in [0.717, 1.165) is 41.8 Å². The predicted octanol–water partition coefficient (Wildman–Crippen LogP) is 5.21. The van der Waals surface area contributed by atoms with Crippen LogP contribution in [0.3, 0.4) is 0 Å². The van der Waals surface area contributed by atoms with Crippen LogP contribution in [0.25, 0.3) is 0 Å². The first kappa shape index (κ1) is 18.9. The average molecular weight is 387 g/mol. The number of aliphatic hydroxyl groups is 1. The maximum atomic E-state index is 9.39. The Morgan fingerprint density at radius 1 is 1.00 bits per heavy atom. The molecular formula is C23H27ClO3. The minimum absolute atomic E-state index is 0.0479. The Balaban J connectivity index is 1.43. The summed E-state index contributed by atoms with van der Waals surface area (Å²) in [7, 11) is 0. The molecule has 2 unspecified atom stereocenters. The Bertz CT molecular complexity index is 755. The van der Waals surface area contributed by atoms with Gasteiger partial charge in [0.1, 0.15) is 0 Å². The second kappa shape index (κ2) is 8.74. The Morgan fingerprint density at radius 2 is 1.78 bits per heavy atom. The smallest absolute Gasteiger partial charge is 0.0830 e. The lowest BCUT2D eigenvalue weighted by Gasteiger charge is -2.29. The van der Waals surface area contributed by atoms with Gasteiger partial charge in [-0.3, -0.25) is 0 Å². The molecule has 3 nitrogen and oxygen atoms in total. The van der Waals surface area contributed by atoms with E-state index in [4.69, 9.17) is 21.1 Å². The summed E-state index contributed by atoms with van der Waals surface area (Å²) in [5.41, 5.74) is 4.73. The van der Waals surface area contributed by atoms with E-state index >= 15 is 0 Å². The van der Waals surface area contributed by atoms with Gasteiger partial charge in [0.05, 0.1) is 31.5 Å². The summed E-state index contributed by atoms with van der Waals surface area (Å²) in [5.74, 6) is 0. The molecule has 1 saturated carbocycles. The molecule has 0 amide bonds. The Kier molecular flexibility index (Phi) is 6.14. The van der Waals surface area contributed by atoms with Gasteiger partial charge in [-0.25, -0.2) is 0 Å². The van der Waals surface area contributed by atoms with Crippen LogP contribution in [0.4, 0.5) is 0 Å². The van der Waals surface area contributed by atoms with Crippen molar-refractivity contribution in [2.45, 2.75) is 63.4 Å². The molecule has 2 aliphatic rings. The van der Waals surface area contributed by atoms with Crippen LogP contribution < -0.4 is 0 Å². The zero-order valence-electron chi connectivity index (χ0n) is 15.6. The van der Waals surface area contributed by atoms with E-state index in [1.165, 1.54) is 24.0 Å². The molecule has 1 aliphatic carbocycles. The number of ether oxygens (including phenoxy) is 2. The van der Waals surface area contributed by atoms with Crippen molar-refractivity contribution < 1.29 is 14.6 Å². The Hall–Kier alpha value is -1.39. The number of aliphatic hydroxyl groups excluding tert-OH is 1. The molecule has 2 fully saturated rings. The summed E-state index contributed by atoms with van der Waals surface area (Å²) in [5, 5.41) is 10.2. The highest BCUT2D eigenvalue weighted by molar-refractivity contribution is 6.31. The topological polar surface area (TPSA) is 38.7 Å². The minimum Gasteiger partial charge on any atom is -0.394 e. The van der Waals surface area contributed by atoms with Gasteiger partial charge in [-0.05, 0) is 66.8 Å². The first-order valence-corrected chi connectivity index (χ1v) is 10.3. The van der Waals surface area contributed by atoms with Crippen molar-refractivity contribution in [1.82, 2.24) is 0 Å². The SMILES string of the molecule is OCC1CCCC(c2ccc(Cl)c(Cc3ccc(COC4CC4)cc3)c2)O1. The highest BCUT2D eigenvalue weighted by Crippen LogP contribution is 2.33. The largest absolute Gasteiger partial charge is 0.394 e. The number of halogens is 1. The molecule has 0 bridgehead atoms. The van der Waals surface area contributed by atoms with Gasteiger partial charge in [0.2, 0.25) is 0 Å². The normalized spacial score (nSPS) is 22.7. The van der Waals surface area contributed by atoms with Crippen LogP contribution in [0.1, 0.15) is 60.5 Å². The fourth-order valence-electron chi connectivity index (χ4n) is 3.63. The van der Waals surface area contributed by atoms with Crippen molar-refractivity contribution in [3.8, 4) is 0 Å². The van der Waals surface area contributed by atoms with Gasteiger partial charge >= 0.3 is 0 Å². The molecule has 144 valence electrons. The minimum atomic E-state index is -0.0479. The number of benzene rings is 2. The lowest BCUT2D eigenvalue weighted by atomic mass is 9.95. The second-order valence-corrected chi connectivity index (χ2v) is 8.12. The van der Waals surface area contributed by atoms with E-state index in [0.29, 0.717) is 12.7 Å². The maximum absolute atomic E-state index is 9.39. The average Bonchev–Trinajstić information content (AvgIpc) is 3.54. The Labute approximate surface area is 166 Å². The fourth-order valence-corrected chi connectivity index (χ4v) is 3.82. The summed E-state index contributed by atoms with van der Waals surface area (Å²) in [6.45, 7) is 0.792. The van der Waals surface area contributed by atoms with Crippen molar-refractivity contribution in [3.63, 3.8) is 0 Å². The van der Waals surface area contributed by atoms with Crippen LogP contribution in [0.15, 0.2) is 42.5 Å². The molecule has 0 aromatic heterocycles. The molecule has 27 heavy (non-hydrogen) atoms. The third-order valence-corrected chi connectivity index (χ3v) is 5.79. The number of hydrogen-bond acceptors (Lipinski definition) is 3. The van der Waals surface area contributed by atoms with Gasteiger partial charge in [0, 0.05) is 5.02 Å². The highest BCUT2D eigenvalue weighted by atomic mass is 35.5. The molecule has 1 aliphatic heterocycles. The van der Waals surface area contributed by atoms with Crippen molar-refractivity contribution in [1.29, 1.82) is 0 Å². The lowest BCUT2D eigenvalue weighted by molar-refractivity contribution is -0.0737. The quantitative estimate of drug-likeness (QED) is 0.709. The summed E-state index contributed by atoms with van der Waals surface area (Å²) in [6, 6.07) is 14.8. The third kappa shape index (κ3) is 5.11. The van der Waals surface area contributed by atoms with Crippen molar-refractivity contribution in [2.75, 3.05) is 6.61 Å². The van der Waals surface area contributed by atoms with E-state index < -0.39 is 0 Å². The van der Waals surface area contributed by atoms with Crippen LogP contribution in [-0.2, 0) is 22.5 Å². The molecule has 1 saturated heterocycles. The van der Waals surface area contributed by atoms with Gasteiger partial charge in [0.15, 0.2) is 0 Å². The van der Waals surface area contributed by atoms with Crippen molar-refractivity contribution >= 4 is 11.6 Å². The highest BCUT2D eigenvalue weighted by Gasteiger charge is 2.24. The van der Waals surface area contributed by atoms with Gasteiger partial charge < -0.3 is 14.6 Å². The first-order valence-electron chi connectivity index (χ1n) is 9.95. The van der Waals surface area contributed by atoms with Crippen molar-refractivity contribution in [2.24, 2.45) is 0 Å². The second-order valence-electron chi connectivity index (χ2n) is 7.71. The zero-order chi connectivity index (χ0) is 18.6. The number of rotatable bonds is 7. The summed E-state index contributed by atoms with van der Waals surface area (Å²) in [6.07, 6.45) is 6.70. The zero-order valence-corrected chi connectivity index (χ0v) is 16.3. The monoisotopic (exact) mass is 386 g/mol.